The monoisotopic (exact) mass is 211 g/mol. The van der Waals surface area contributed by atoms with Gasteiger partial charge in [-0.1, -0.05) is 17.4 Å². The van der Waals surface area contributed by atoms with Gasteiger partial charge in [0.25, 0.3) is 5.91 Å². The fourth-order valence-corrected chi connectivity index (χ4v) is 1.89. The Morgan fingerprint density at radius 1 is 1.79 bits per heavy atom. The third-order valence-electron chi connectivity index (χ3n) is 1.76. The number of rotatable bonds is 3. The summed E-state index contributed by atoms with van der Waals surface area (Å²) in [6.45, 7) is 5.88. The van der Waals surface area contributed by atoms with Gasteiger partial charge in [0.2, 0.25) is 0 Å². The van der Waals surface area contributed by atoms with Crippen LogP contribution in [0.3, 0.4) is 0 Å². The molecule has 0 saturated carbocycles. The summed E-state index contributed by atoms with van der Waals surface area (Å²) < 4.78 is 0. The number of hydrogen-bond donors (Lipinski definition) is 1. The molecule has 0 aliphatic carbocycles. The van der Waals surface area contributed by atoms with Crippen molar-refractivity contribution < 1.29 is 4.79 Å². The smallest absolute Gasteiger partial charge is 0.265 e. The topological polar surface area (TPSA) is 59.2 Å². The van der Waals surface area contributed by atoms with E-state index in [4.69, 9.17) is 5.73 Å². The molecule has 14 heavy (non-hydrogen) atoms. The van der Waals surface area contributed by atoms with Gasteiger partial charge in [0, 0.05) is 13.6 Å². The van der Waals surface area contributed by atoms with Crippen molar-refractivity contribution in [3.8, 4) is 0 Å². The lowest BCUT2D eigenvalue weighted by Gasteiger charge is -2.13. The minimum absolute atomic E-state index is 0.0587. The van der Waals surface area contributed by atoms with Gasteiger partial charge >= 0.3 is 0 Å². The summed E-state index contributed by atoms with van der Waals surface area (Å²) in [4.78, 5) is 17.9. The number of amides is 1. The van der Waals surface area contributed by atoms with Crippen LogP contribution in [0, 0.1) is 6.92 Å². The van der Waals surface area contributed by atoms with Crippen LogP contribution < -0.4 is 5.73 Å². The molecule has 0 aliphatic rings. The molecule has 1 aromatic heterocycles. The third-order valence-corrected chi connectivity index (χ3v) is 2.73. The lowest BCUT2D eigenvalue weighted by molar-refractivity contribution is 0.0814. The molecular weight excluding hydrogens is 198 g/mol. The zero-order valence-electron chi connectivity index (χ0n) is 8.28. The van der Waals surface area contributed by atoms with E-state index in [-0.39, 0.29) is 5.91 Å². The normalized spacial score (nSPS) is 9.86. The molecule has 2 N–H and O–H groups in total. The molecule has 0 aromatic carbocycles. The molecule has 1 aromatic rings. The number of carbonyl (C=O) groups excluding carboxylic acids is 1. The molecular formula is C9H13N3OS. The molecule has 1 heterocycles. The Hall–Kier alpha value is -1.36. The molecule has 0 bridgehead atoms. The van der Waals surface area contributed by atoms with E-state index in [9.17, 15) is 4.79 Å². The van der Waals surface area contributed by atoms with Crippen LogP contribution in [0.25, 0.3) is 0 Å². The summed E-state index contributed by atoms with van der Waals surface area (Å²) >= 11 is 1.22. The van der Waals surface area contributed by atoms with Crippen LogP contribution >= 0.6 is 11.3 Å². The molecule has 0 radical (unpaired) electrons. The van der Waals surface area contributed by atoms with Crippen molar-refractivity contribution in [3.63, 3.8) is 0 Å². The van der Waals surface area contributed by atoms with Crippen molar-refractivity contribution in [2.24, 2.45) is 0 Å². The van der Waals surface area contributed by atoms with Crippen LogP contribution in [0.1, 0.15) is 15.4 Å². The highest BCUT2D eigenvalue weighted by Crippen LogP contribution is 2.20. The van der Waals surface area contributed by atoms with Crippen LogP contribution in [0.5, 0.6) is 0 Å². The van der Waals surface area contributed by atoms with E-state index >= 15 is 0 Å². The van der Waals surface area contributed by atoms with Gasteiger partial charge in [0.05, 0.1) is 5.69 Å². The van der Waals surface area contributed by atoms with Crippen molar-refractivity contribution in [3.05, 3.63) is 23.2 Å². The highest BCUT2D eigenvalue weighted by atomic mass is 32.1. The van der Waals surface area contributed by atoms with Gasteiger partial charge in [-0.25, -0.2) is 4.98 Å². The Morgan fingerprint density at radius 2 is 2.43 bits per heavy atom. The van der Waals surface area contributed by atoms with Gasteiger partial charge in [-0.3, -0.25) is 4.79 Å². The second-order valence-corrected chi connectivity index (χ2v) is 3.97. The number of hydrogen-bond acceptors (Lipinski definition) is 4. The van der Waals surface area contributed by atoms with Crippen molar-refractivity contribution in [2.75, 3.05) is 19.3 Å². The summed E-state index contributed by atoms with van der Waals surface area (Å²) in [5.41, 5.74) is 6.20. The van der Waals surface area contributed by atoms with Crippen molar-refractivity contribution in [2.45, 2.75) is 6.92 Å². The molecule has 0 unspecified atom stereocenters. The number of thiazole rings is 1. The maximum atomic E-state index is 11.8. The number of carbonyl (C=O) groups is 1. The first kappa shape index (κ1) is 10.7. The van der Waals surface area contributed by atoms with E-state index in [0.717, 1.165) is 0 Å². The second-order valence-electron chi connectivity index (χ2n) is 2.94. The summed E-state index contributed by atoms with van der Waals surface area (Å²) in [5.74, 6) is -0.0587. The lowest BCUT2D eigenvalue weighted by Crippen LogP contribution is -2.26. The molecule has 0 spiro atoms. The Kier molecular flexibility index (Phi) is 3.24. The van der Waals surface area contributed by atoms with Crippen LogP contribution in [0.4, 0.5) is 5.13 Å². The first-order valence-electron chi connectivity index (χ1n) is 4.15. The summed E-state index contributed by atoms with van der Waals surface area (Å²) in [7, 11) is 1.72. The Bertz CT molecular complexity index is 359. The molecule has 4 nitrogen and oxygen atoms in total. The van der Waals surface area contributed by atoms with E-state index in [0.29, 0.717) is 22.2 Å². The highest BCUT2D eigenvalue weighted by molar-refractivity contribution is 7.17. The SMILES string of the molecule is C=CCN(C)C(=O)c1sc(N)nc1C. The van der Waals surface area contributed by atoms with E-state index in [1.165, 1.54) is 11.3 Å². The molecule has 0 aliphatic heterocycles. The Balaban J connectivity index is 2.88. The zero-order valence-corrected chi connectivity index (χ0v) is 9.10. The van der Waals surface area contributed by atoms with Crippen LogP contribution in [0.15, 0.2) is 12.7 Å². The predicted octanol–water partition coefficient (Wildman–Crippen LogP) is 1.29. The number of anilines is 1. The third kappa shape index (κ3) is 2.11. The van der Waals surface area contributed by atoms with E-state index in [2.05, 4.69) is 11.6 Å². The number of nitrogens with zero attached hydrogens (tertiary/aromatic N) is 2. The Morgan fingerprint density at radius 3 is 2.86 bits per heavy atom. The first-order chi connectivity index (χ1) is 6.56. The number of aromatic nitrogens is 1. The molecule has 1 rings (SSSR count). The summed E-state index contributed by atoms with van der Waals surface area (Å²) in [6.07, 6.45) is 1.68. The first-order valence-corrected chi connectivity index (χ1v) is 4.97. The van der Waals surface area contributed by atoms with E-state index in [1.54, 1.807) is 24.9 Å². The highest BCUT2D eigenvalue weighted by Gasteiger charge is 2.16. The molecule has 0 fully saturated rings. The standard InChI is InChI=1S/C9H13N3OS/c1-4-5-12(3)8(13)7-6(2)11-9(10)14-7/h4H,1,5H2,2-3H3,(H2,10,11). The number of likely N-dealkylation sites (N-methyl/N-ethyl adjacent to an activating group) is 1. The number of nitrogen functional groups attached to an aromatic ring is 1. The van der Waals surface area contributed by atoms with E-state index < -0.39 is 0 Å². The lowest BCUT2D eigenvalue weighted by atomic mass is 10.3. The average molecular weight is 211 g/mol. The van der Waals surface area contributed by atoms with Gasteiger partial charge < -0.3 is 10.6 Å². The fraction of sp³-hybridized carbons (Fsp3) is 0.333. The largest absolute Gasteiger partial charge is 0.375 e. The fourth-order valence-electron chi connectivity index (χ4n) is 1.07. The molecule has 1 amide bonds. The van der Waals surface area contributed by atoms with Crippen LogP contribution in [-0.2, 0) is 0 Å². The van der Waals surface area contributed by atoms with Gasteiger partial charge in [-0.05, 0) is 6.92 Å². The summed E-state index contributed by atoms with van der Waals surface area (Å²) in [5, 5.41) is 0.429. The van der Waals surface area contributed by atoms with E-state index in [1.807, 2.05) is 0 Å². The number of aryl methyl sites for hydroxylation is 1. The predicted molar refractivity (Wildman–Crippen MR) is 58.4 cm³/mol. The molecule has 76 valence electrons. The quantitative estimate of drug-likeness (QED) is 0.766. The number of nitrogens with two attached hydrogens (primary N) is 1. The second kappa shape index (κ2) is 4.23. The maximum Gasteiger partial charge on any atom is 0.265 e. The van der Waals surface area contributed by atoms with Crippen molar-refractivity contribution in [1.29, 1.82) is 0 Å². The van der Waals surface area contributed by atoms with Gasteiger partial charge in [-0.2, -0.15) is 0 Å². The molecule has 5 heteroatoms. The van der Waals surface area contributed by atoms with Gasteiger partial charge in [0.15, 0.2) is 5.13 Å². The Labute approximate surface area is 87.1 Å². The molecule has 0 saturated heterocycles. The van der Waals surface area contributed by atoms with Crippen LogP contribution in [-0.4, -0.2) is 29.4 Å². The minimum atomic E-state index is -0.0587. The van der Waals surface area contributed by atoms with Crippen molar-refractivity contribution >= 4 is 22.4 Å². The maximum absolute atomic E-state index is 11.8. The van der Waals surface area contributed by atoms with Gasteiger partial charge in [-0.15, -0.1) is 6.58 Å². The van der Waals surface area contributed by atoms with Crippen LogP contribution in [0.2, 0.25) is 0 Å². The van der Waals surface area contributed by atoms with Gasteiger partial charge in [0.1, 0.15) is 4.88 Å². The molecule has 0 atom stereocenters. The van der Waals surface area contributed by atoms with Crippen molar-refractivity contribution in [1.82, 2.24) is 9.88 Å². The average Bonchev–Trinajstić information content (AvgIpc) is 2.44. The summed E-state index contributed by atoms with van der Waals surface area (Å²) in [6, 6.07) is 0. The minimum Gasteiger partial charge on any atom is -0.375 e. The zero-order chi connectivity index (χ0) is 10.7.